The third-order valence-electron chi connectivity index (χ3n) is 2.48. The van der Waals surface area contributed by atoms with Crippen molar-refractivity contribution in [2.75, 3.05) is 14.2 Å². The molecule has 2 nitrogen and oxygen atoms in total. The molecule has 0 heterocycles. The van der Waals surface area contributed by atoms with Gasteiger partial charge in [-0.3, -0.25) is 0 Å². The van der Waals surface area contributed by atoms with E-state index in [2.05, 4.69) is 34.6 Å². The van der Waals surface area contributed by atoms with E-state index in [1.807, 2.05) is 0 Å². The Hall–Kier alpha value is 0.137. The standard InChI is InChI=1S/C10H24O2Si/c1-8(2)13-10(11-6,12-7)9(3,4)5/h8H,13H2,1-7H3. The van der Waals surface area contributed by atoms with Crippen molar-refractivity contribution < 1.29 is 9.47 Å². The number of hydrogen-bond donors (Lipinski definition) is 0. The molecule has 0 aliphatic rings. The average molecular weight is 204 g/mol. The molecular weight excluding hydrogens is 180 g/mol. The van der Waals surface area contributed by atoms with Gasteiger partial charge in [0.2, 0.25) is 0 Å². The van der Waals surface area contributed by atoms with Gasteiger partial charge < -0.3 is 9.47 Å². The van der Waals surface area contributed by atoms with Crippen molar-refractivity contribution in [1.82, 2.24) is 0 Å². The third kappa shape index (κ3) is 3.08. The molecule has 13 heavy (non-hydrogen) atoms. The predicted molar refractivity (Wildman–Crippen MR) is 59.8 cm³/mol. The van der Waals surface area contributed by atoms with Gasteiger partial charge in [-0.15, -0.1) is 0 Å². The van der Waals surface area contributed by atoms with Gasteiger partial charge in [-0.25, -0.2) is 0 Å². The molecule has 0 N–H and O–H groups in total. The largest absolute Gasteiger partial charge is 0.357 e. The van der Waals surface area contributed by atoms with Gasteiger partial charge in [-0.1, -0.05) is 40.2 Å². The van der Waals surface area contributed by atoms with E-state index < -0.39 is 9.52 Å². The monoisotopic (exact) mass is 204 g/mol. The molecule has 3 heteroatoms. The molecule has 80 valence electrons. The summed E-state index contributed by atoms with van der Waals surface area (Å²) in [6.45, 7) is 11.0. The first-order valence-corrected chi connectivity index (χ1v) is 6.41. The maximum Gasteiger partial charge on any atom is 0.149 e. The van der Waals surface area contributed by atoms with Gasteiger partial charge in [-0.05, 0) is 0 Å². The van der Waals surface area contributed by atoms with Crippen LogP contribution in [-0.2, 0) is 9.47 Å². The van der Waals surface area contributed by atoms with Crippen molar-refractivity contribution >= 4 is 9.52 Å². The van der Waals surface area contributed by atoms with Crippen molar-refractivity contribution in [3.05, 3.63) is 0 Å². The first-order valence-electron chi connectivity index (χ1n) is 4.89. The molecule has 0 unspecified atom stereocenters. The van der Waals surface area contributed by atoms with E-state index in [1.165, 1.54) is 0 Å². The van der Waals surface area contributed by atoms with E-state index in [9.17, 15) is 0 Å². The molecule has 0 fully saturated rings. The molecule has 0 atom stereocenters. The smallest absolute Gasteiger partial charge is 0.149 e. The van der Waals surface area contributed by atoms with Gasteiger partial charge in [-0.2, -0.15) is 0 Å². The summed E-state index contributed by atoms with van der Waals surface area (Å²) in [5, 5.41) is 0. The van der Waals surface area contributed by atoms with Crippen LogP contribution in [0.4, 0.5) is 0 Å². The Morgan fingerprint density at radius 3 is 1.46 bits per heavy atom. The van der Waals surface area contributed by atoms with Crippen LogP contribution in [0.3, 0.4) is 0 Å². The van der Waals surface area contributed by atoms with Crippen LogP contribution in [0.1, 0.15) is 34.6 Å². The molecule has 0 saturated carbocycles. The Balaban J connectivity index is 4.70. The lowest BCUT2D eigenvalue weighted by atomic mass is 9.95. The summed E-state index contributed by atoms with van der Waals surface area (Å²) in [7, 11) is 3.11. The summed E-state index contributed by atoms with van der Waals surface area (Å²) < 4.78 is 11.2. The molecule has 0 aromatic heterocycles. The van der Waals surface area contributed by atoms with E-state index in [1.54, 1.807) is 14.2 Å². The number of ether oxygens (including phenoxy) is 2. The molecule has 0 spiro atoms. The molecule has 0 aromatic rings. The van der Waals surface area contributed by atoms with Crippen LogP contribution in [0.25, 0.3) is 0 Å². The van der Waals surface area contributed by atoms with Gasteiger partial charge in [0.25, 0.3) is 0 Å². The maximum absolute atomic E-state index is 5.60. The topological polar surface area (TPSA) is 18.5 Å². The molecule has 0 aromatic carbocycles. The van der Waals surface area contributed by atoms with Crippen molar-refractivity contribution in [2.24, 2.45) is 5.41 Å². The van der Waals surface area contributed by atoms with Crippen molar-refractivity contribution in [3.8, 4) is 0 Å². The highest BCUT2D eigenvalue weighted by atomic mass is 28.2. The second kappa shape index (κ2) is 4.58. The second-order valence-electron chi connectivity index (χ2n) is 5.01. The van der Waals surface area contributed by atoms with E-state index >= 15 is 0 Å². The lowest BCUT2D eigenvalue weighted by molar-refractivity contribution is -0.204. The van der Waals surface area contributed by atoms with E-state index in [0.717, 1.165) is 0 Å². The Morgan fingerprint density at radius 2 is 1.38 bits per heavy atom. The van der Waals surface area contributed by atoms with Gasteiger partial charge >= 0.3 is 0 Å². The zero-order valence-electron chi connectivity index (χ0n) is 10.1. The predicted octanol–water partition coefficient (Wildman–Crippen LogP) is 1.98. The SMILES string of the molecule is COC(OC)([SiH2]C(C)C)C(C)(C)C. The van der Waals surface area contributed by atoms with Crippen LogP contribution in [0, 0.1) is 5.41 Å². The van der Waals surface area contributed by atoms with E-state index in [-0.39, 0.29) is 10.8 Å². The van der Waals surface area contributed by atoms with Crippen LogP contribution in [0.5, 0.6) is 0 Å². The zero-order valence-corrected chi connectivity index (χ0v) is 11.5. The third-order valence-corrected chi connectivity index (χ3v) is 5.47. The van der Waals surface area contributed by atoms with Crippen LogP contribution in [-0.4, -0.2) is 29.1 Å². The second-order valence-corrected chi connectivity index (χ2v) is 7.98. The lowest BCUT2D eigenvalue weighted by Gasteiger charge is -2.43. The highest BCUT2D eigenvalue weighted by Crippen LogP contribution is 2.35. The Labute approximate surface area is 84.8 Å². The first-order chi connectivity index (χ1) is 5.79. The van der Waals surface area contributed by atoms with Gasteiger partial charge in [0.05, 0.1) is 9.52 Å². The van der Waals surface area contributed by atoms with Gasteiger partial charge in [0.15, 0.2) is 0 Å². The van der Waals surface area contributed by atoms with Crippen LogP contribution in [0.15, 0.2) is 0 Å². The number of hydrogen-bond acceptors (Lipinski definition) is 2. The van der Waals surface area contributed by atoms with Crippen LogP contribution >= 0.6 is 0 Å². The highest BCUT2D eigenvalue weighted by molar-refractivity contribution is 6.41. The summed E-state index contributed by atoms with van der Waals surface area (Å²) in [4.78, 5) is 0. The molecule has 0 aliphatic carbocycles. The first kappa shape index (κ1) is 13.1. The maximum atomic E-state index is 5.60. The molecule has 0 rings (SSSR count). The molecule has 0 aliphatic heterocycles. The summed E-state index contributed by atoms with van der Waals surface area (Å²) in [6.07, 6.45) is 0. The van der Waals surface area contributed by atoms with Crippen molar-refractivity contribution in [1.29, 1.82) is 0 Å². The fourth-order valence-electron chi connectivity index (χ4n) is 1.71. The Bertz CT molecular complexity index is 145. The van der Waals surface area contributed by atoms with Crippen LogP contribution < -0.4 is 0 Å². The Kier molecular flexibility index (Phi) is 4.62. The molecule has 0 saturated heterocycles. The fourth-order valence-corrected chi connectivity index (χ4v) is 3.73. The van der Waals surface area contributed by atoms with Gasteiger partial charge in [0, 0.05) is 19.6 Å². The van der Waals surface area contributed by atoms with E-state index in [0.29, 0.717) is 5.54 Å². The minimum atomic E-state index is -0.395. The highest BCUT2D eigenvalue weighted by Gasteiger charge is 2.42. The van der Waals surface area contributed by atoms with Gasteiger partial charge in [0.1, 0.15) is 5.41 Å². The van der Waals surface area contributed by atoms with Crippen LogP contribution in [0.2, 0.25) is 5.54 Å². The average Bonchev–Trinajstić information content (AvgIpc) is 1.97. The summed E-state index contributed by atoms with van der Waals surface area (Å²) in [6, 6.07) is 0. The fraction of sp³-hybridized carbons (Fsp3) is 1.00. The molecule has 0 radical (unpaired) electrons. The lowest BCUT2D eigenvalue weighted by Crippen LogP contribution is -2.52. The summed E-state index contributed by atoms with van der Waals surface area (Å²) >= 11 is 0. The van der Waals surface area contributed by atoms with Crippen molar-refractivity contribution in [2.45, 2.75) is 45.6 Å². The minimum absolute atomic E-state index is 0.0625. The normalized spacial score (nSPS) is 14.8. The number of methoxy groups -OCH3 is 2. The number of rotatable bonds is 4. The van der Waals surface area contributed by atoms with E-state index in [4.69, 9.17) is 9.47 Å². The molecule has 0 amide bonds. The zero-order chi connectivity index (χ0) is 10.7. The quantitative estimate of drug-likeness (QED) is 0.515. The molecule has 0 bridgehead atoms. The summed E-state index contributed by atoms with van der Waals surface area (Å²) in [5.41, 5.74) is 0.452. The molecular formula is C10H24O2Si. The minimum Gasteiger partial charge on any atom is -0.357 e. The van der Waals surface area contributed by atoms with Crippen molar-refractivity contribution in [3.63, 3.8) is 0 Å². The Morgan fingerprint density at radius 1 is 1.00 bits per heavy atom. The summed E-state index contributed by atoms with van der Waals surface area (Å²) in [5.74, 6) is 0.